The first kappa shape index (κ1) is 22.7. The zero-order chi connectivity index (χ0) is 17.5. The summed E-state index contributed by atoms with van der Waals surface area (Å²) in [7, 11) is 0. The maximum atomic E-state index is 10.4. The highest BCUT2D eigenvalue weighted by atomic mass is 35.5. The van der Waals surface area contributed by atoms with Crippen molar-refractivity contribution in [3.05, 3.63) is 29.3 Å². The normalized spacial score (nSPS) is 12.2. The van der Waals surface area contributed by atoms with E-state index in [4.69, 9.17) is 0 Å². The number of β-amino-alcohol motifs (C(OH)–C–C–N with tert-alkyl or cyclic N) is 1. The van der Waals surface area contributed by atoms with E-state index >= 15 is 0 Å². The number of halogens is 1. The van der Waals surface area contributed by atoms with Gasteiger partial charge in [0.2, 0.25) is 0 Å². The standard InChI is InChI=1S/C19H31N3O.ClH/c1-6-10-22(11-7-2)17-9-8-15(12-16(17)13-20)18(23)14-21-19(3,4)5;/h8-9,12,18,21,23H,6-7,10-11,14H2,1-5H3;1H. The van der Waals surface area contributed by atoms with Crippen LogP contribution in [0, 0.1) is 11.3 Å². The number of hydrogen-bond donors (Lipinski definition) is 2. The van der Waals surface area contributed by atoms with E-state index in [1.54, 1.807) is 0 Å². The Labute approximate surface area is 153 Å². The summed E-state index contributed by atoms with van der Waals surface area (Å²) in [5, 5.41) is 23.1. The second-order valence-electron chi connectivity index (χ2n) is 7.02. The minimum absolute atomic E-state index is 0. The first-order chi connectivity index (χ1) is 10.8. The van der Waals surface area contributed by atoms with E-state index in [1.165, 1.54) is 0 Å². The lowest BCUT2D eigenvalue weighted by atomic mass is 10.0. The molecule has 0 bridgehead atoms. The molecule has 0 saturated carbocycles. The fraction of sp³-hybridized carbons (Fsp3) is 0.632. The van der Waals surface area contributed by atoms with Crippen LogP contribution < -0.4 is 10.2 Å². The molecule has 1 unspecified atom stereocenters. The highest BCUT2D eigenvalue weighted by Crippen LogP contribution is 2.25. The minimum Gasteiger partial charge on any atom is -0.387 e. The Morgan fingerprint density at radius 1 is 1.21 bits per heavy atom. The zero-order valence-electron chi connectivity index (χ0n) is 15.6. The minimum atomic E-state index is -0.610. The van der Waals surface area contributed by atoms with Gasteiger partial charge in [-0.1, -0.05) is 19.9 Å². The molecular formula is C19H32ClN3O. The molecule has 0 fully saturated rings. The van der Waals surface area contributed by atoms with Crippen molar-refractivity contribution in [2.75, 3.05) is 24.5 Å². The molecular weight excluding hydrogens is 322 g/mol. The third-order valence-electron chi connectivity index (χ3n) is 3.68. The molecule has 0 aromatic heterocycles. The molecule has 0 aliphatic heterocycles. The third-order valence-corrected chi connectivity index (χ3v) is 3.68. The topological polar surface area (TPSA) is 59.3 Å². The fourth-order valence-electron chi connectivity index (χ4n) is 2.54. The molecule has 1 rings (SSSR count). The zero-order valence-corrected chi connectivity index (χ0v) is 16.4. The van der Waals surface area contributed by atoms with Crippen molar-refractivity contribution in [2.45, 2.75) is 59.1 Å². The monoisotopic (exact) mass is 353 g/mol. The Kier molecular flexibility index (Phi) is 9.99. The van der Waals surface area contributed by atoms with Crippen molar-refractivity contribution in [2.24, 2.45) is 0 Å². The van der Waals surface area contributed by atoms with Gasteiger partial charge >= 0.3 is 0 Å². The predicted octanol–water partition coefficient (Wildman–Crippen LogP) is 4.03. The van der Waals surface area contributed by atoms with Crippen molar-refractivity contribution in [3.63, 3.8) is 0 Å². The summed E-state index contributed by atoms with van der Waals surface area (Å²) in [6.45, 7) is 12.8. The maximum absolute atomic E-state index is 10.4. The van der Waals surface area contributed by atoms with Crippen LogP contribution in [-0.4, -0.2) is 30.3 Å². The Balaban J connectivity index is 0.00000529. The Hall–Kier alpha value is -1.28. The van der Waals surface area contributed by atoms with Gasteiger partial charge in [-0.3, -0.25) is 0 Å². The van der Waals surface area contributed by atoms with Gasteiger partial charge in [-0.15, -0.1) is 12.4 Å². The number of hydrogen-bond acceptors (Lipinski definition) is 4. The van der Waals surface area contributed by atoms with E-state index in [-0.39, 0.29) is 17.9 Å². The van der Waals surface area contributed by atoms with Crippen molar-refractivity contribution >= 4 is 18.1 Å². The molecule has 0 aliphatic rings. The molecule has 2 N–H and O–H groups in total. The summed E-state index contributed by atoms with van der Waals surface area (Å²) in [6, 6.07) is 8.02. The largest absolute Gasteiger partial charge is 0.387 e. The number of anilines is 1. The van der Waals surface area contributed by atoms with Crippen LogP contribution in [0.3, 0.4) is 0 Å². The van der Waals surface area contributed by atoms with Gasteiger partial charge in [-0.2, -0.15) is 5.26 Å². The van der Waals surface area contributed by atoms with Crippen molar-refractivity contribution in [3.8, 4) is 6.07 Å². The number of aliphatic hydroxyl groups excluding tert-OH is 1. The van der Waals surface area contributed by atoms with Gasteiger partial charge in [0.25, 0.3) is 0 Å². The summed E-state index contributed by atoms with van der Waals surface area (Å²) < 4.78 is 0. The van der Waals surface area contributed by atoms with Crippen molar-refractivity contribution < 1.29 is 5.11 Å². The molecule has 24 heavy (non-hydrogen) atoms. The molecule has 5 heteroatoms. The van der Waals surface area contributed by atoms with Gasteiger partial charge < -0.3 is 15.3 Å². The Morgan fingerprint density at radius 2 is 1.79 bits per heavy atom. The molecule has 0 aliphatic carbocycles. The number of aliphatic hydroxyl groups is 1. The molecule has 0 radical (unpaired) electrons. The van der Waals surface area contributed by atoms with Gasteiger partial charge in [0.1, 0.15) is 6.07 Å². The second-order valence-corrected chi connectivity index (χ2v) is 7.02. The lowest BCUT2D eigenvalue weighted by Gasteiger charge is -2.26. The molecule has 1 aromatic carbocycles. The predicted molar refractivity (Wildman–Crippen MR) is 104 cm³/mol. The highest BCUT2D eigenvalue weighted by molar-refractivity contribution is 5.85. The average Bonchev–Trinajstić information content (AvgIpc) is 2.51. The number of nitrogens with zero attached hydrogens (tertiary/aromatic N) is 2. The summed E-state index contributed by atoms with van der Waals surface area (Å²) in [5.41, 5.74) is 2.35. The van der Waals surface area contributed by atoms with E-state index < -0.39 is 6.10 Å². The summed E-state index contributed by atoms with van der Waals surface area (Å²) in [6.07, 6.45) is 1.48. The molecule has 0 saturated heterocycles. The van der Waals surface area contributed by atoms with Crippen LogP contribution in [0.2, 0.25) is 0 Å². The molecule has 136 valence electrons. The van der Waals surface area contributed by atoms with Gasteiger partial charge in [0.15, 0.2) is 0 Å². The highest BCUT2D eigenvalue weighted by Gasteiger charge is 2.16. The van der Waals surface area contributed by atoms with Gasteiger partial charge in [-0.05, 0) is 51.3 Å². The molecule has 0 spiro atoms. The van der Waals surface area contributed by atoms with Crippen LogP contribution in [0.5, 0.6) is 0 Å². The van der Waals surface area contributed by atoms with Gasteiger partial charge in [0.05, 0.1) is 17.4 Å². The Morgan fingerprint density at radius 3 is 2.25 bits per heavy atom. The quantitative estimate of drug-likeness (QED) is 0.740. The third kappa shape index (κ3) is 7.09. The maximum Gasteiger partial charge on any atom is 0.101 e. The van der Waals surface area contributed by atoms with E-state index in [1.807, 2.05) is 18.2 Å². The number of nitrogens with one attached hydrogen (secondary N) is 1. The lowest BCUT2D eigenvalue weighted by Crippen LogP contribution is -2.38. The average molecular weight is 354 g/mol. The number of rotatable bonds is 8. The van der Waals surface area contributed by atoms with Crippen molar-refractivity contribution in [1.29, 1.82) is 5.26 Å². The smallest absolute Gasteiger partial charge is 0.101 e. The van der Waals surface area contributed by atoms with Gasteiger partial charge in [0, 0.05) is 25.2 Å². The van der Waals surface area contributed by atoms with Crippen LogP contribution in [0.1, 0.15) is 64.7 Å². The molecule has 4 nitrogen and oxygen atoms in total. The van der Waals surface area contributed by atoms with Crippen LogP contribution in [0.25, 0.3) is 0 Å². The van der Waals surface area contributed by atoms with Crippen LogP contribution in [0.15, 0.2) is 18.2 Å². The molecule has 0 amide bonds. The van der Waals surface area contributed by atoms with Crippen LogP contribution in [-0.2, 0) is 0 Å². The van der Waals surface area contributed by atoms with E-state index in [0.29, 0.717) is 12.1 Å². The van der Waals surface area contributed by atoms with E-state index in [9.17, 15) is 10.4 Å². The van der Waals surface area contributed by atoms with E-state index in [2.05, 4.69) is 50.9 Å². The molecule has 1 atom stereocenters. The van der Waals surface area contributed by atoms with Crippen LogP contribution >= 0.6 is 12.4 Å². The Bertz CT molecular complexity index is 528. The molecule has 0 heterocycles. The SMILES string of the molecule is CCCN(CCC)c1ccc(C(O)CNC(C)(C)C)cc1C#N.Cl. The lowest BCUT2D eigenvalue weighted by molar-refractivity contribution is 0.163. The van der Waals surface area contributed by atoms with Crippen molar-refractivity contribution in [1.82, 2.24) is 5.32 Å². The second kappa shape index (κ2) is 10.6. The fourth-order valence-corrected chi connectivity index (χ4v) is 2.54. The first-order valence-corrected chi connectivity index (χ1v) is 8.54. The van der Waals surface area contributed by atoms with E-state index in [0.717, 1.165) is 37.2 Å². The summed E-state index contributed by atoms with van der Waals surface area (Å²) in [4.78, 5) is 2.25. The summed E-state index contributed by atoms with van der Waals surface area (Å²) >= 11 is 0. The van der Waals surface area contributed by atoms with Gasteiger partial charge in [-0.25, -0.2) is 0 Å². The van der Waals surface area contributed by atoms with Crippen LogP contribution in [0.4, 0.5) is 5.69 Å². The molecule has 1 aromatic rings. The number of nitriles is 1. The first-order valence-electron chi connectivity index (χ1n) is 8.54. The number of benzene rings is 1. The summed E-state index contributed by atoms with van der Waals surface area (Å²) in [5.74, 6) is 0.